The van der Waals surface area contributed by atoms with Crippen molar-refractivity contribution in [2.75, 3.05) is 29.5 Å². The molecule has 110 valence electrons. The molecule has 0 unspecified atom stereocenters. The summed E-state index contributed by atoms with van der Waals surface area (Å²) < 4.78 is 0. The molecule has 0 aliphatic rings. The van der Waals surface area contributed by atoms with Crippen molar-refractivity contribution in [2.24, 2.45) is 0 Å². The first-order chi connectivity index (χ1) is 10.1. The van der Waals surface area contributed by atoms with E-state index >= 15 is 0 Å². The van der Waals surface area contributed by atoms with Crippen molar-refractivity contribution in [3.05, 3.63) is 54.1 Å². The van der Waals surface area contributed by atoms with Gasteiger partial charge in [-0.1, -0.05) is 25.1 Å². The van der Waals surface area contributed by atoms with E-state index in [-0.39, 0.29) is 5.91 Å². The molecule has 0 radical (unpaired) electrons. The van der Waals surface area contributed by atoms with Gasteiger partial charge in [-0.15, -0.1) is 0 Å². The highest BCUT2D eigenvalue weighted by molar-refractivity contribution is 5.94. The number of aryl methyl sites for hydroxylation is 1. The van der Waals surface area contributed by atoms with Crippen molar-refractivity contribution < 1.29 is 4.79 Å². The summed E-state index contributed by atoms with van der Waals surface area (Å²) in [6.07, 6.45) is 1.01. The van der Waals surface area contributed by atoms with Gasteiger partial charge in [-0.05, 0) is 42.3 Å². The van der Waals surface area contributed by atoms with Crippen LogP contribution in [0.2, 0.25) is 0 Å². The molecule has 0 saturated heterocycles. The predicted molar refractivity (Wildman–Crippen MR) is 88.6 cm³/mol. The minimum absolute atomic E-state index is 0.0670. The molecule has 1 amide bonds. The molecular formula is C17H21N3O. The van der Waals surface area contributed by atoms with Gasteiger partial charge in [0.15, 0.2) is 0 Å². The lowest BCUT2D eigenvalue weighted by atomic mass is 10.1. The average molecular weight is 283 g/mol. The number of hydrogen-bond donors (Lipinski definition) is 2. The second kappa shape index (κ2) is 6.79. The Bertz CT molecular complexity index is 608. The maximum Gasteiger partial charge on any atom is 0.243 e. The number of nitrogens with one attached hydrogen (secondary N) is 1. The summed E-state index contributed by atoms with van der Waals surface area (Å²) in [5, 5.41) is 2.85. The van der Waals surface area contributed by atoms with Gasteiger partial charge in [0.2, 0.25) is 5.91 Å². The van der Waals surface area contributed by atoms with Gasteiger partial charge >= 0.3 is 0 Å². The van der Waals surface area contributed by atoms with Crippen molar-refractivity contribution in [1.82, 2.24) is 0 Å². The maximum absolute atomic E-state index is 12.0. The number of nitrogen functional groups attached to an aromatic ring is 1. The highest BCUT2D eigenvalue weighted by Crippen LogP contribution is 2.15. The number of carbonyl (C=O) groups is 1. The largest absolute Gasteiger partial charge is 0.399 e. The molecule has 0 bridgehead atoms. The first-order valence-corrected chi connectivity index (χ1v) is 7.04. The number of rotatable bonds is 5. The Morgan fingerprint density at radius 2 is 1.90 bits per heavy atom. The summed E-state index contributed by atoms with van der Waals surface area (Å²) >= 11 is 0. The van der Waals surface area contributed by atoms with Crippen LogP contribution in [-0.4, -0.2) is 19.5 Å². The monoisotopic (exact) mass is 283 g/mol. The summed E-state index contributed by atoms with van der Waals surface area (Å²) in [5.74, 6) is -0.0670. The molecule has 0 fully saturated rings. The van der Waals surface area contributed by atoms with Crippen LogP contribution in [-0.2, 0) is 11.2 Å². The van der Waals surface area contributed by atoms with E-state index in [1.165, 1.54) is 5.56 Å². The molecule has 21 heavy (non-hydrogen) atoms. The molecule has 4 heteroatoms. The van der Waals surface area contributed by atoms with E-state index in [0.717, 1.165) is 17.8 Å². The standard InChI is InChI=1S/C17H21N3O/c1-3-13-7-9-16(10-8-13)20(2)12-17(21)19-15-6-4-5-14(18)11-15/h4-11H,3,12,18H2,1-2H3,(H,19,21). The van der Waals surface area contributed by atoms with Gasteiger partial charge in [-0.25, -0.2) is 0 Å². The predicted octanol–water partition coefficient (Wildman–Crippen LogP) is 2.91. The topological polar surface area (TPSA) is 58.4 Å². The minimum atomic E-state index is -0.0670. The van der Waals surface area contributed by atoms with Crippen molar-refractivity contribution in [3.63, 3.8) is 0 Å². The Morgan fingerprint density at radius 3 is 2.52 bits per heavy atom. The Balaban J connectivity index is 1.95. The summed E-state index contributed by atoms with van der Waals surface area (Å²) in [6.45, 7) is 2.41. The Labute approximate surface area is 125 Å². The zero-order chi connectivity index (χ0) is 15.2. The second-order valence-electron chi connectivity index (χ2n) is 5.05. The third-order valence-corrected chi connectivity index (χ3v) is 3.34. The Morgan fingerprint density at radius 1 is 1.19 bits per heavy atom. The van der Waals surface area contributed by atoms with Crippen LogP contribution in [0.4, 0.5) is 17.1 Å². The lowest BCUT2D eigenvalue weighted by Crippen LogP contribution is -2.30. The summed E-state index contributed by atoms with van der Waals surface area (Å²) in [6, 6.07) is 15.4. The smallest absolute Gasteiger partial charge is 0.243 e. The molecule has 2 aromatic rings. The second-order valence-corrected chi connectivity index (χ2v) is 5.05. The van der Waals surface area contributed by atoms with E-state index in [4.69, 9.17) is 5.73 Å². The summed E-state index contributed by atoms with van der Waals surface area (Å²) in [5.41, 5.74) is 9.36. The molecule has 4 nitrogen and oxygen atoms in total. The van der Waals surface area contributed by atoms with Gasteiger partial charge in [0, 0.05) is 24.1 Å². The zero-order valence-electron chi connectivity index (χ0n) is 12.5. The van der Waals surface area contributed by atoms with Crippen molar-refractivity contribution in [1.29, 1.82) is 0 Å². The van der Waals surface area contributed by atoms with E-state index in [9.17, 15) is 4.79 Å². The SMILES string of the molecule is CCc1ccc(N(C)CC(=O)Nc2cccc(N)c2)cc1. The van der Waals surface area contributed by atoms with Crippen LogP contribution in [0.5, 0.6) is 0 Å². The van der Waals surface area contributed by atoms with Crippen LogP contribution < -0.4 is 16.0 Å². The van der Waals surface area contributed by atoms with Crippen molar-refractivity contribution in [3.8, 4) is 0 Å². The molecule has 0 saturated carbocycles. The molecular weight excluding hydrogens is 262 g/mol. The minimum Gasteiger partial charge on any atom is -0.399 e. The van der Waals surface area contributed by atoms with Crippen molar-refractivity contribution in [2.45, 2.75) is 13.3 Å². The number of nitrogens with zero attached hydrogens (tertiary/aromatic N) is 1. The zero-order valence-corrected chi connectivity index (χ0v) is 12.5. The van der Waals surface area contributed by atoms with E-state index < -0.39 is 0 Å². The number of amides is 1. The summed E-state index contributed by atoms with van der Waals surface area (Å²) in [7, 11) is 1.90. The molecule has 0 aromatic heterocycles. The van der Waals surface area contributed by atoms with Crippen LogP contribution in [0.15, 0.2) is 48.5 Å². The van der Waals surface area contributed by atoms with Gasteiger partial charge in [0.1, 0.15) is 0 Å². The van der Waals surface area contributed by atoms with Crippen LogP contribution in [0.1, 0.15) is 12.5 Å². The molecule has 0 atom stereocenters. The fourth-order valence-electron chi connectivity index (χ4n) is 2.11. The molecule has 3 N–H and O–H groups in total. The average Bonchev–Trinajstić information content (AvgIpc) is 2.47. The number of benzene rings is 2. The number of likely N-dealkylation sites (N-methyl/N-ethyl adjacent to an activating group) is 1. The van der Waals surface area contributed by atoms with Gasteiger partial charge < -0.3 is 16.0 Å². The third kappa shape index (κ3) is 4.24. The Kier molecular flexibility index (Phi) is 4.82. The lowest BCUT2D eigenvalue weighted by molar-refractivity contribution is -0.114. The van der Waals surface area contributed by atoms with E-state index in [1.807, 2.05) is 36.2 Å². The third-order valence-electron chi connectivity index (χ3n) is 3.34. The van der Waals surface area contributed by atoms with Crippen LogP contribution in [0.3, 0.4) is 0 Å². The Hall–Kier alpha value is -2.49. The first-order valence-electron chi connectivity index (χ1n) is 7.04. The molecule has 0 spiro atoms. The number of carbonyl (C=O) groups excluding carboxylic acids is 1. The molecule has 0 aliphatic carbocycles. The van der Waals surface area contributed by atoms with Crippen LogP contribution >= 0.6 is 0 Å². The van der Waals surface area contributed by atoms with Crippen LogP contribution in [0, 0.1) is 0 Å². The molecule has 0 aliphatic heterocycles. The first kappa shape index (κ1) is 14.9. The highest BCUT2D eigenvalue weighted by Gasteiger charge is 2.08. The number of anilines is 3. The van der Waals surface area contributed by atoms with Gasteiger partial charge in [-0.3, -0.25) is 4.79 Å². The van der Waals surface area contributed by atoms with E-state index in [0.29, 0.717) is 12.2 Å². The van der Waals surface area contributed by atoms with Gasteiger partial charge in [0.25, 0.3) is 0 Å². The quantitative estimate of drug-likeness (QED) is 0.830. The lowest BCUT2D eigenvalue weighted by Gasteiger charge is -2.19. The van der Waals surface area contributed by atoms with Crippen molar-refractivity contribution >= 4 is 23.0 Å². The number of hydrogen-bond acceptors (Lipinski definition) is 3. The highest BCUT2D eigenvalue weighted by atomic mass is 16.2. The fourth-order valence-corrected chi connectivity index (χ4v) is 2.11. The maximum atomic E-state index is 12.0. The molecule has 0 heterocycles. The van der Waals surface area contributed by atoms with Gasteiger partial charge in [-0.2, -0.15) is 0 Å². The van der Waals surface area contributed by atoms with E-state index in [1.54, 1.807) is 12.1 Å². The van der Waals surface area contributed by atoms with Gasteiger partial charge in [0.05, 0.1) is 6.54 Å². The van der Waals surface area contributed by atoms with E-state index in [2.05, 4.69) is 24.4 Å². The fraction of sp³-hybridized carbons (Fsp3) is 0.235. The summed E-state index contributed by atoms with van der Waals surface area (Å²) in [4.78, 5) is 14.0. The number of nitrogens with two attached hydrogens (primary N) is 1. The molecule has 2 rings (SSSR count). The van der Waals surface area contributed by atoms with Crippen LogP contribution in [0.25, 0.3) is 0 Å². The molecule has 2 aromatic carbocycles. The normalized spacial score (nSPS) is 10.2.